The third-order valence-electron chi connectivity index (χ3n) is 1.94. The van der Waals surface area contributed by atoms with Crippen molar-refractivity contribution in [1.82, 2.24) is 4.68 Å². The van der Waals surface area contributed by atoms with E-state index in [1.807, 2.05) is 13.8 Å². The summed E-state index contributed by atoms with van der Waals surface area (Å²) in [5, 5.41) is 9.06. The number of rotatable bonds is 3. The molecule has 0 aliphatic carbocycles. The molecular weight excluding hydrogens is 276 g/mol. The molecule has 0 spiro atoms. The minimum Gasteiger partial charge on any atom is -0.477 e. The monoisotopic (exact) mass is 288 g/mol. The van der Waals surface area contributed by atoms with Crippen molar-refractivity contribution in [2.75, 3.05) is 5.43 Å². The molecule has 5 nitrogen and oxygen atoms in total. The Labute approximate surface area is 101 Å². The van der Waals surface area contributed by atoms with E-state index in [0.717, 1.165) is 4.68 Å². The molecule has 0 amide bonds. The molecule has 1 aromatic heterocycles. The molecular formula is C10H13BrN2O3. The van der Waals surface area contributed by atoms with Gasteiger partial charge in [-0.2, -0.15) is 0 Å². The van der Waals surface area contributed by atoms with Crippen LogP contribution in [0.4, 0.5) is 0 Å². The lowest BCUT2D eigenvalue weighted by atomic mass is 10.2. The van der Waals surface area contributed by atoms with E-state index < -0.39 is 11.5 Å². The molecule has 0 aliphatic rings. The minimum absolute atomic E-state index is 0.0375. The summed E-state index contributed by atoms with van der Waals surface area (Å²) in [6, 6.07) is 1.47. The number of hydrogen-bond donors (Lipinski definition) is 2. The lowest BCUT2D eigenvalue weighted by Crippen LogP contribution is -2.37. The second-order valence-electron chi connectivity index (χ2n) is 3.75. The summed E-state index contributed by atoms with van der Waals surface area (Å²) in [7, 11) is 0. The Kier molecular flexibility index (Phi) is 3.74. The summed E-state index contributed by atoms with van der Waals surface area (Å²) in [6.45, 7) is 5.30. The Morgan fingerprint density at radius 1 is 1.56 bits per heavy atom. The first-order chi connectivity index (χ1) is 7.34. The molecule has 1 aromatic rings. The average molecular weight is 289 g/mol. The van der Waals surface area contributed by atoms with Gasteiger partial charge in [0.05, 0.1) is 4.47 Å². The molecule has 0 saturated carbocycles. The Hall–Kier alpha value is -1.30. The van der Waals surface area contributed by atoms with Crippen LogP contribution in [0.3, 0.4) is 0 Å². The van der Waals surface area contributed by atoms with E-state index in [2.05, 4.69) is 21.4 Å². The molecule has 0 saturated heterocycles. The summed E-state index contributed by atoms with van der Waals surface area (Å²) < 4.78 is 1.40. The summed E-state index contributed by atoms with van der Waals surface area (Å²) >= 11 is 3.10. The largest absolute Gasteiger partial charge is 0.477 e. The van der Waals surface area contributed by atoms with Crippen molar-refractivity contribution in [3.05, 3.63) is 32.2 Å². The molecule has 0 bridgehead atoms. The summed E-state index contributed by atoms with van der Waals surface area (Å²) in [5.41, 5.74) is 2.87. The highest BCUT2D eigenvalue weighted by Crippen LogP contribution is 2.11. The van der Waals surface area contributed by atoms with Crippen LogP contribution in [0.1, 0.15) is 29.9 Å². The number of pyridine rings is 1. The smallest absolute Gasteiger partial charge is 0.354 e. The number of hydrogen-bond acceptors (Lipinski definition) is 3. The first-order valence-electron chi connectivity index (χ1n) is 4.76. The van der Waals surface area contributed by atoms with E-state index in [4.69, 9.17) is 5.11 Å². The first kappa shape index (κ1) is 12.8. The number of nitrogens with zero attached hydrogens (tertiary/aromatic N) is 1. The highest BCUT2D eigenvalue weighted by molar-refractivity contribution is 9.10. The van der Waals surface area contributed by atoms with Crippen molar-refractivity contribution in [2.24, 2.45) is 0 Å². The van der Waals surface area contributed by atoms with Crippen molar-refractivity contribution in [3.8, 4) is 0 Å². The number of nitrogens with one attached hydrogen (secondary N) is 1. The molecule has 0 atom stereocenters. The molecule has 6 heteroatoms. The third-order valence-corrected chi connectivity index (χ3v) is 2.51. The van der Waals surface area contributed by atoms with Crippen LogP contribution in [0, 0.1) is 6.92 Å². The van der Waals surface area contributed by atoms with Gasteiger partial charge in [0.15, 0.2) is 5.69 Å². The van der Waals surface area contributed by atoms with Gasteiger partial charge in [0.2, 0.25) is 0 Å². The lowest BCUT2D eigenvalue weighted by molar-refractivity contribution is 0.0684. The van der Waals surface area contributed by atoms with E-state index in [0.29, 0.717) is 10.0 Å². The molecule has 0 radical (unpaired) electrons. The van der Waals surface area contributed by atoms with Gasteiger partial charge in [0.1, 0.15) is 0 Å². The lowest BCUT2D eigenvalue weighted by Gasteiger charge is -2.17. The van der Waals surface area contributed by atoms with Gasteiger partial charge >= 0.3 is 5.97 Å². The van der Waals surface area contributed by atoms with Crippen LogP contribution in [0.5, 0.6) is 0 Å². The first-order valence-corrected chi connectivity index (χ1v) is 5.56. The van der Waals surface area contributed by atoms with Gasteiger partial charge in [-0.25, -0.2) is 9.47 Å². The quantitative estimate of drug-likeness (QED) is 0.886. The average Bonchev–Trinajstić information content (AvgIpc) is 2.12. The number of halogens is 1. The Bertz CT molecular complexity index is 480. The van der Waals surface area contributed by atoms with Gasteiger partial charge in [-0.1, -0.05) is 0 Å². The zero-order chi connectivity index (χ0) is 12.5. The number of carboxylic acids is 1. The molecule has 2 N–H and O–H groups in total. The van der Waals surface area contributed by atoms with Gasteiger partial charge in [0.25, 0.3) is 5.56 Å². The van der Waals surface area contributed by atoms with Crippen molar-refractivity contribution in [3.63, 3.8) is 0 Å². The Morgan fingerprint density at radius 3 is 2.56 bits per heavy atom. The molecule has 0 unspecified atom stereocenters. The molecule has 0 fully saturated rings. The standard InChI is InChI=1S/C10H13BrN2O3/c1-5(2)12-13-8(10(15)16)6(3)4-7(11)9(13)14/h4-5,12H,1-3H3,(H,15,16). The highest BCUT2D eigenvalue weighted by Gasteiger charge is 2.17. The molecule has 16 heavy (non-hydrogen) atoms. The number of aromatic nitrogens is 1. The van der Waals surface area contributed by atoms with Crippen LogP contribution in [0.25, 0.3) is 0 Å². The van der Waals surface area contributed by atoms with E-state index in [1.54, 1.807) is 6.92 Å². The van der Waals surface area contributed by atoms with Crippen LogP contribution in [-0.4, -0.2) is 21.8 Å². The van der Waals surface area contributed by atoms with E-state index in [1.165, 1.54) is 6.07 Å². The third kappa shape index (κ3) is 2.44. The van der Waals surface area contributed by atoms with Gasteiger partial charge in [-0.15, -0.1) is 0 Å². The summed E-state index contributed by atoms with van der Waals surface area (Å²) in [4.78, 5) is 22.8. The second-order valence-corrected chi connectivity index (χ2v) is 4.61. The number of aromatic carboxylic acids is 1. The van der Waals surface area contributed by atoms with Gasteiger partial charge < -0.3 is 10.5 Å². The SMILES string of the molecule is Cc1cc(Br)c(=O)n(NC(C)C)c1C(=O)O. The second kappa shape index (κ2) is 4.69. The fourth-order valence-corrected chi connectivity index (χ4v) is 1.87. The molecule has 0 aliphatic heterocycles. The van der Waals surface area contributed by atoms with Crippen molar-refractivity contribution in [2.45, 2.75) is 26.8 Å². The summed E-state index contributed by atoms with van der Waals surface area (Å²) in [5.74, 6) is -1.13. The topological polar surface area (TPSA) is 71.3 Å². The van der Waals surface area contributed by atoms with Crippen LogP contribution < -0.4 is 11.0 Å². The zero-order valence-corrected chi connectivity index (χ0v) is 10.8. The van der Waals surface area contributed by atoms with Crippen molar-refractivity contribution >= 4 is 21.9 Å². The molecule has 88 valence electrons. The van der Waals surface area contributed by atoms with Crippen LogP contribution in [-0.2, 0) is 0 Å². The number of aryl methyl sites for hydroxylation is 1. The zero-order valence-electron chi connectivity index (χ0n) is 9.24. The van der Waals surface area contributed by atoms with Crippen molar-refractivity contribution in [1.29, 1.82) is 0 Å². The molecule has 1 rings (SSSR count). The number of carboxylic acid groups (broad SMARTS) is 1. The van der Waals surface area contributed by atoms with Crippen LogP contribution in [0.15, 0.2) is 15.3 Å². The molecule has 1 heterocycles. The van der Waals surface area contributed by atoms with E-state index >= 15 is 0 Å². The van der Waals surface area contributed by atoms with E-state index in [-0.39, 0.29) is 11.7 Å². The number of carbonyl (C=O) groups is 1. The highest BCUT2D eigenvalue weighted by atomic mass is 79.9. The maximum Gasteiger partial charge on any atom is 0.354 e. The normalized spacial score (nSPS) is 10.6. The van der Waals surface area contributed by atoms with Gasteiger partial charge in [0, 0.05) is 6.04 Å². The minimum atomic E-state index is -1.13. The maximum absolute atomic E-state index is 11.8. The summed E-state index contributed by atoms with van der Waals surface area (Å²) in [6.07, 6.45) is 0. The Balaban J connectivity index is 3.52. The fourth-order valence-electron chi connectivity index (χ4n) is 1.35. The Morgan fingerprint density at radius 2 is 2.12 bits per heavy atom. The van der Waals surface area contributed by atoms with Crippen molar-refractivity contribution < 1.29 is 9.90 Å². The van der Waals surface area contributed by atoms with Gasteiger partial charge in [-0.3, -0.25) is 4.79 Å². The van der Waals surface area contributed by atoms with Gasteiger partial charge in [-0.05, 0) is 48.3 Å². The van der Waals surface area contributed by atoms with Crippen LogP contribution in [0.2, 0.25) is 0 Å². The molecule has 0 aromatic carbocycles. The fraction of sp³-hybridized carbons (Fsp3) is 0.400. The predicted octanol–water partition coefficient (Wildman–Crippen LogP) is 1.57. The van der Waals surface area contributed by atoms with E-state index in [9.17, 15) is 9.59 Å². The van der Waals surface area contributed by atoms with Crippen LogP contribution >= 0.6 is 15.9 Å². The maximum atomic E-state index is 11.8. The predicted molar refractivity (Wildman–Crippen MR) is 64.6 cm³/mol.